The van der Waals surface area contributed by atoms with Crippen LogP contribution in [0.3, 0.4) is 0 Å². The standard InChI is InChI=1S/C12H27N3O3P2S2/c1-4-19-7(2)15-10(12(18)20-8(3)16)6-22-21-5-9(13)11(14)17/h7-10,15-16,19-20H,4-6,13H2,1-3H3,(H2,14,17). The lowest BCUT2D eigenvalue weighted by Gasteiger charge is -2.22. The Morgan fingerprint density at radius 2 is 1.86 bits per heavy atom. The molecule has 6 nitrogen and oxygen atoms in total. The van der Waals surface area contributed by atoms with Crippen molar-refractivity contribution in [2.75, 3.05) is 17.7 Å². The fraction of sp³-hybridized carbons (Fsp3) is 0.833. The van der Waals surface area contributed by atoms with E-state index >= 15 is 0 Å². The minimum atomic E-state index is -0.667. The molecule has 0 aromatic rings. The van der Waals surface area contributed by atoms with Crippen LogP contribution >= 0.6 is 38.7 Å². The monoisotopic (exact) mass is 387 g/mol. The van der Waals surface area contributed by atoms with Gasteiger partial charge in [-0.25, -0.2) is 0 Å². The molecule has 0 saturated heterocycles. The number of carbonyl (C=O) groups excluding carboxylic acids is 2. The molecule has 130 valence electrons. The fourth-order valence-electron chi connectivity index (χ4n) is 1.49. The summed E-state index contributed by atoms with van der Waals surface area (Å²) in [5, 5.41) is 12.7. The van der Waals surface area contributed by atoms with Crippen LogP contribution in [-0.4, -0.2) is 57.9 Å². The first kappa shape index (κ1) is 22.6. The summed E-state index contributed by atoms with van der Waals surface area (Å²) in [6.45, 7) is 5.80. The molecule has 10 heteroatoms. The summed E-state index contributed by atoms with van der Waals surface area (Å²) in [6, 6.07) is -0.955. The average Bonchev–Trinajstić information content (AvgIpc) is 2.41. The smallest absolute Gasteiger partial charge is 0.235 e. The van der Waals surface area contributed by atoms with E-state index < -0.39 is 17.8 Å². The molecular weight excluding hydrogens is 360 g/mol. The number of nitrogens with two attached hydrogens (primary N) is 2. The van der Waals surface area contributed by atoms with Crippen molar-refractivity contribution < 1.29 is 14.7 Å². The first-order chi connectivity index (χ1) is 10.3. The Labute approximate surface area is 144 Å². The van der Waals surface area contributed by atoms with E-state index in [0.717, 1.165) is 14.7 Å². The molecule has 0 radical (unpaired) electrons. The Kier molecular flexibility index (Phi) is 13.3. The summed E-state index contributed by atoms with van der Waals surface area (Å²) < 4.78 is 0. The number of rotatable bonds is 13. The molecule has 0 saturated carbocycles. The molecule has 6 N–H and O–H groups in total. The summed E-state index contributed by atoms with van der Waals surface area (Å²) in [5.74, 6) is 0.143. The maximum atomic E-state index is 12.2. The number of hydrogen-bond acceptors (Lipinski definition) is 7. The van der Waals surface area contributed by atoms with Gasteiger partial charge in [-0.1, -0.05) is 28.5 Å². The van der Waals surface area contributed by atoms with Crippen LogP contribution in [0.15, 0.2) is 0 Å². The zero-order valence-electron chi connectivity index (χ0n) is 13.2. The Balaban J connectivity index is 4.33. The van der Waals surface area contributed by atoms with E-state index in [4.69, 9.17) is 11.5 Å². The largest absolute Gasteiger partial charge is 0.389 e. The molecule has 0 bridgehead atoms. The molecule has 0 aliphatic carbocycles. The van der Waals surface area contributed by atoms with E-state index in [1.807, 2.05) is 0 Å². The van der Waals surface area contributed by atoms with E-state index in [-0.39, 0.29) is 25.9 Å². The minimum absolute atomic E-state index is 0.0371. The Morgan fingerprint density at radius 3 is 2.36 bits per heavy atom. The first-order valence-corrected chi connectivity index (χ1v) is 11.9. The molecule has 0 rings (SSSR count). The van der Waals surface area contributed by atoms with Crippen molar-refractivity contribution in [2.24, 2.45) is 11.5 Å². The van der Waals surface area contributed by atoms with Gasteiger partial charge >= 0.3 is 0 Å². The third-order valence-electron chi connectivity index (χ3n) is 2.56. The van der Waals surface area contributed by atoms with Crippen LogP contribution in [0.2, 0.25) is 0 Å². The van der Waals surface area contributed by atoms with Gasteiger partial charge in [-0.05, 0) is 28.6 Å². The lowest BCUT2D eigenvalue weighted by Crippen LogP contribution is -2.41. The third-order valence-corrected chi connectivity index (χ3v) is 7.25. The van der Waals surface area contributed by atoms with E-state index in [0.29, 0.717) is 11.5 Å². The van der Waals surface area contributed by atoms with Gasteiger partial charge in [0, 0.05) is 17.3 Å². The van der Waals surface area contributed by atoms with Crippen LogP contribution in [-0.2, 0) is 9.59 Å². The van der Waals surface area contributed by atoms with Crippen LogP contribution in [0.1, 0.15) is 20.8 Å². The molecule has 0 aliphatic heterocycles. The van der Waals surface area contributed by atoms with E-state index in [1.54, 1.807) is 6.92 Å². The van der Waals surface area contributed by atoms with Gasteiger partial charge in [0.25, 0.3) is 0 Å². The van der Waals surface area contributed by atoms with E-state index in [2.05, 4.69) is 19.2 Å². The number of primary amides is 1. The molecule has 0 spiro atoms. The number of aliphatic hydroxyl groups is 1. The van der Waals surface area contributed by atoms with Crippen LogP contribution in [0.4, 0.5) is 0 Å². The molecule has 0 heterocycles. The summed E-state index contributed by atoms with van der Waals surface area (Å²) in [6.07, 6.45) is 1.07. The van der Waals surface area contributed by atoms with Crippen molar-refractivity contribution in [1.82, 2.24) is 5.32 Å². The normalized spacial score (nSPS) is 17.9. The molecule has 6 unspecified atom stereocenters. The summed E-state index contributed by atoms with van der Waals surface area (Å²) >= 11 is 0. The van der Waals surface area contributed by atoms with Crippen LogP contribution in [0.5, 0.6) is 0 Å². The molecule has 0 fully saturated rings. The van der Waals surface area contributed by atoms with Crippen molar-refractivity contribution in [3.8, 4) is 0 Å². The van der Waals surface area contributed by atoms with Crippen LogP contribution in [0.25, 0.3) is 0 Å². The predicted octanol–water partition coefficient (Wildman–Crippen LogP) is 0.726. The zero-order chi connectivity index (χ0) is 17.1. The minimum Gasteiger partial charge on any atom is -0.389 e. The number of hydrogen-bond donors (Lipinski definition) is 4. The second-order valence-corrected chi connectivity index (χ2v) is 10.9. The number of aliphatic hydroxyl groups excluding tert-OH is 1. The molecule has 6 atom stereocenters. The molecule has 0 aliphatic rings. The zero-order valence-corrected chi connectivity index (χ0v) is 16.8. The lowest BCUT2D eigenvalue weighted by atomic mass is 10.4. The van der Waals surface area contributed by atoms with Crippen LogP contribution < -0.4 is 16.8 Å². The first-order valence-electron chi connectivity index (χ1n) is 7.05. The van der Waals surface area contributed by atoms with Gasteiger partial charge in [0.15, 0.2) is 5.52 Å². The topological polar surface area (TPSA) is 118 Å². The predicted molar refractivity (Wildman–Crippen MR) is 102 cm³/mol. The van der Waals surface area contributed by atoms with Crippen molar-refractivity contribution in [1.29, 1.82) is 0 Å². The Hall–Kier alpha value is 0.580. The third kappa shape index (κ3) is 11.2. The second-order valence-electron chi connectivity index (χ2n) is 4.76. The highest BCUT2D eigenvalue weighted by molar-refractivity contribution is 8.76. The summed E-state index contributed by atoms with van der Waals surface area (Å²) in [7, 11) is 3.56. The van der Waals surface area contributed by atoms with Crippen molar-refractivity contribution >= 4 is 50.2 Å². The number of carbonyl (C=O) groups is 2. The Morgan fingerprint density at radius 1 is 1.27 bits per heavy atom. The molecular formula is C12H27N3O3P2S2. The average molecular weight is 387 g/mol. The summed E-state index contributed by atoms with van der Waals surface area (Å²) in [4.78, 5) is 23.1. The SMILES string of the molecule is CCPC(C)NC(CSSCC(N)C(N)=O)C(=O)PC(C)O. The maximum absolute atomic E-state index is 12.2. The van der Waals surface area contributed by atoms with Gasteiger partial charge in [0.1, 0.15) is 0 Å². The quantitative estimate of drug-likeness (QED) is 0.209. The van der Waals surface area contributed by atoms with Gasteiger partial charge in [-0.2, -0.15) is 0 Å². The molecule has 22 heavy (non-hydrogen) atoms. The molecule has 1 amide bonds. The van der Waals surface area contributed by atoms with Gasteiger partial charge in [0.2, 0.25) is 5.91 Å². The number of nitrogens with one attached hydrogen (secondary N) is 1. The van der Waals surface area contributed by atoms with E-state index in [9.17, 15) is 14.7 Å². The van der Waals surface area contributed by atoms with Crippen molar-refractivity contribution in [3.05, 3.63) is 0 Å². The van der Waals surface area contributed by atoms with Crippen molar-refractivity contribution in [2.45, 2.75) is 44.5 Å². The fourth-order valence-corrected chi connectivity index (χ4v) is 5.68. The second kappa shape index (κ2) is 12.9. The molecule has 0 aromatic carbocycles. The lowest BCUT2D eigenvalue weighted by molar-refractivity contribution is -0.118. The van der Waals surface area contributed by atoms with E-state index in [1.165, 1.54) is 21.6 Å². The van der Waals surface area contributed by atoms with Crippen LogP contribution in [0, 0.1) is 0 Å². The number of amides is 1. The van der Waals surface area contributed by atoms with Gasteiger partial charge in [-0.3, -0.25) is 9.59 Å². The highest BCUT2D eigenvalue weighted by atomic mass is 33.1. The van der Waals surface area contributed by atoms with Gasteiger partial charge in [-0.15, -0.1) is 8.58 Å². The van der Waals surface area contributed by atoms with Gasteiger partial charge < -0.3 is 21.9 Å². The van der Waals surface area contributed by atoms with Crippen molar-refractivity contribution in [3.63, 3.8) is 0 Å². The highest BCUT2D eigenvalue weighted by Crippen LogP contribution is 2.28. The Bertz CT molecular complexity index is 352. The summed E-state index contributed by atoms with van der Waals surface area (Å²) in [5.41, 5.74) is 10.7. The highest BCUT2D eigenvalue weighted by Gasteiger charge is 2.22. The maximum Gasteiger partial charge on any atom is 0.235 e. The molecule has 0 aromatic heterocycles. The van der Waals surface area contributed by atoms with Gasteiger partial charge in [0.05, 0.1) is 17.9 Å².